The van der Waals surface area contributed by atoms with E-state index in [0.717, 1.165) is 61.7 Å². The van der Waals surface area contributed by atoms with Crippen molar-refractivity contribution in [2.45, 2.75) is 71.6 Å². The molecule has 0 spiro atoms. The number of rotatable bonds is 6. The zero-order valence-corrected chi connectivity index (χ0v) is 21.3. The number of nitrogens with one attached hydrogen (secondary N) is 2. The van der Waals surface area contributed by atoms with Crippen LogP contribution >= 0.6 is 24.0 Å². The van der Waals surface area contributed by atoms with Crippen LogP contribution in [0.5, 0.6) is 0 Å². The average Bonchev–Trinajstić information content (AvgIpc) is 3.43. The highest BCUT2D eigenvalue weighted by Crippen LogP contribution is 2.23. The lowest BCUT2D eigenvalue weighted by atomic mass is 10.1. The number of halogens is 1. The van der Waals surface area contributed by atoms with Gasteiger partial charge in [0, 0.05) is 26.2 Å². The van der Waals surface area contributed by atoms with Gasteiger partial charge in [-0.1, -0.05) is 6.92 Å². The van der Waals surface area contributed by atoms with Crippen LogP contribution in [0, 0.1) is 13.8 Å². The second-order valence-corrected chi connectivity index (χ2v) is 8.27. The first-order valence-electron chi connectivity index (χ1n) is 11.1. The molecule has 31 heavy (non-hydrogen) atoms. The number of guanidine groups is 1. The van der Waals surface area contributed by atoms with Gasteiger partial charge in [0.25, 0.3) is 0 Å². The Morgan fingerprint density at radius 2 is 1.97 bits per heavy atom. The summed E-state index contributed by atoms with van der Waals surface area (Å²) in [4.78, 5) is 12.0. The third kappa shape index (κ3) is 5.54. The number of likely N-dealkylation sites (N-methyl/N-ethyl adjacent to an activating group) is 1. The molecule has 1 saturated heterocycles. The van der Waals surface area contributed by atoms with E-state index in [-0.39, 0.29) is 30.0 Å². The second kappa shape index (κ2) is 10.7. The molecular weight excluding hydrogens is 507 g/mol. The Hall–Kier alpha value is -1.76. The van der Waals surface area contributed by atoms with Crippen molar-refractivity contribution in [3.63, 3.8) is 0 Å². The van der Waals surface area contributed by atoms with Gasteiger partial charge < -0.3 is 15.2 Å². The van der Waals surface area contributed by atoms with Crippen molar-refractivity contribution < 1.29 is 0 Å². The Balaban J connectivity index is 0.00000272. The number of hydrogen-bond donors (Lipinski definition) is 2. The molecule has 2 atom stereocenters. The van der Waals surface area contributed by atoms with E-state index in [1.165, 1.54) is 19.4 Å². The van der Waals surface area contributed by atoms with Gasteiger partial charge in [0.2, 0.25) is 0 Å². The number of fused-ring (bicyclic) bond motifs is 1. The first-order chi connectivity index (χ1) is 14.5. The summed E-state index contributed by atoms with van der Waals surface area (Å²) in [5, 5.41) is 20.1. The highest BCUT2D eigenvalue weighted by molar-refractivity contribution is 14.0. The summed E-state index contributed by atoms with van der Waals surface area (Å²) >= 11 is 0. The van der Waals surface area contributed by atoms with Crippen molar-refractivity contribution in [1.29, 1.82) is 0 Å². The van der Waals surface area contributed by atoms with Gasteiger partial charge >= 0.3 is 0 Å². The zero-order chi connectivity index (χ0) is 21.1. The number of hydrogen-bond acceptors (Lipinski definition) is 6. The van der Waals surface area contributed by atoms with Gasteiger partial charge in [0.15, 0.2) is 11.8 Å². The quantitative estimate of drug-likeness (QED) is 0.326. The monoisotopic (exact) mass is 542 g/mol. The number of aliphatic imine (C=N–C) groups is 1. The molecule has 4 rings (SSSR count). The lowest BCUT2D eigenvalue weighted by Crippen LogP contribution is -2.46. The Bertz CT molecular complexity index is 889. The number of aryl methyl sites for hydroxylation is 3. The van der Waals surface area contributed by atoms with Crippen molar-refractivity contribution in [1.82, 2.24) is 45.1 Å². The van der Waals surface area contributed by atoms with Crippen LogP contribution in [0.3, 0.4) is 0 Å². The predicted molar refractivity (Wildman–Crippen MR) is 130 cm³/mol. The maximum absolute atomic E-state index is 4.85. The van der Waals surface area contributed by atoms with E-state index in [1.54, 1.807) is 0 Å². The van der Waals surface area contributed by atoms with Gasteiger partial charge in [-0.05, 0) is 52.6 Å². The molecule has 0 aromatic carbocycles. The number of nitrogens with zero attached hydrogens (tertiary/aromatic N) is 8. The summed E-state index contributed by atoms with van der Waals surface area (Å²) < 4.78 is 4.01. The second-order valence-electron chi connectivity index (χ2n) is 8.27. The zero-order valence-electron chi connectivity index (χ0n) is 19.0. The minimum atomic E-state index is 0. The Morgan fingerprint density at radius 3 is 2.71 bits per heavy atom. The summed E-state index contributed by atoms with van der Waals surface area (Å²) in [7, 11) is 1.98. The van der Waals surface area contributed by atoms with Crippen LogP contribution in [0.25, 0.3) is 0 Å². The summed E-state index contributed by atoms with van der Waals surface area (Å²) in [5.74, 6) is 4.37. The SMILES string of the molecule is CCN1CCCC1CNC(=NCc1nnc(C)n1C)NC1CCCn2nc(C)nc21.I. The third-order valence-electron chi connectivity index (χ3n) is 6.26. The Morgan fingerprint density at radius 1 is 1.16 bits per heavy atom. The highest BCUT2D eigenvalue weighted by Gasteiger charge is 2.26. The fourth-order valence-corrected chi connectivity index (χ4v) is 4.42. The van der Waals surface area contributed by atoms with Crippen molar-refractivity contribution >= 4 is 29.9 Å². The van der Waals surface area contributed by atoms with Crippen LogP contribution in [0.1, 0.15) is 61.9 Å². The summed E-state index contributed by atoms with van der Waals surface area (Å²) in [5.41, 5.74) is 0. The lowest BCUT2D eigenvalue weighted by Gasteiger charge is -2.27. The van der Waals surface area contributed by atoms with E-state index in [0.29, 0.717) is 12.6 Å². The smallest absolute Gasteiger partial charge is 0.192 e. The minimum absolute atomic E-state index is 0. The van der Waals surface area contributed by atoms with E-state index in [4.69, 9.17) is 4.99 Å². The molecular formula is C20H35IN10. The van der Waals surface area contributed by atoms with Crippen LogP contribution < -0.4 is 10.6 Å². The molecule has 2 aromatic rings. The van der Waals surface area contributed by atoms with Crippen LogP contribution in [0.2, 0.25) is 0 Å². The molecule has 0 saturated carbocycles. The van der Waals surface area contributed by atoms with Crippen molar-refractivity contribution in [3.05, 3.63) is 23.3 Å². The third-order valence-corrected chi connectivity index (χ3v) is 6.26. The lowest BCUT2D eigenvalue weighted by molar-refractivity contribution is 0.266. The van der Waals surface area contributed by atoms with Gasteiger partial charge in [-0.25, -0.2) is 14.7 Å². The molecule has 4 heterocycles. The molecule has 2 unspecified atom stereocenters. The maximum atomic E-state index is 4.85. The molecule has 2 aromatic heterocycles. The van der Waals surface area contributed by atoms with E-state index < -0.39 is 0 Å². The molecule has 1 fully saturated rings. The molecule has 11 heteroatoms. The standard InChI is InChI=1S/C20H34N10.HI/c1-5-29-10-6-8-16(29)12-21-20(22-13-18-26-25-15(3)28(18)4)24-17-9-7-11-30-19(17)23-14(2)27-30;/h16-17H,5-13H2,1-4H3,(H2,21,22,24);1H. The first-order valence-corrected chi connectivity index (χ1v) is 11.1. The van der Waals surface area contributed by atoms with Crippen LogP contribution in [-0.2, 0) is 20.1 Å². The molecule has 2 aliphatic heterocycles. The van der Waals surface area contributed by atoms with Gasteiger partial charge in [-0.3, -0.25) is 4.90 Å². The van der Waals surface area contributed by atoms with Gasteiger partial charge in [0.1, 0.15) is 24.0 Å². The molecule has 2 N–H and O–H groups in total. The fraction of sp³-hybridized carbons (Fsp3) is 0.750. The predicted octanol–water partition coefficient (Wildman–Crippen LogP) is 1.70. The van der Waals surface area contributed by atoms with Gasteiger partial charge in [0.05, 0.1) is 6.04 Å². The van der Waals surface area contributed by atoms with E-state index >= 15 is 0 Å². The molecule has 172 valence electrons. The Labute approximate surface area is 201 Å². The average molecular weight is 542 g/mol. The van der Waals surface area contributed by atoms with Crippen LogP contribution in [0.15, 0.2) is 4.99 Å². The van der Waals surface area contributed by atoms with Gasteiger partial charge in [-0.15, -0.1) is 34.2 Å². The highest BCUT2D eigenvalue weighted by atomic mass is 127. The summed E-state index contributed by atoms with van der Waals surface area (Å²) in [6, 6.07) is 0.662. The summed E-state index contributed by atoms with van der Waals surface area (Å²) in [6.07, 6.45) is 4.60. The molecule has 0 radical (unpaired) electrons. The number of likely N-dealkylation sites (tertiary alicyclic amines) is 1. The molecule has 0 aliphatic carbocycles. The number of aromatic nitrogens is 6. The van der Waals surface area contributed by atoms with Crippen LogP contribution in [-0.4, -0.2) is 66.1 Å². The van der Waals surface area contributed by atoms with Crippen molar-refractivity contribution in [2.75, 3.05) is 19.6 Å². The summed E-state index contributed by atoms with van der Waals surface area (Å²) in [6.45, 7) is 10.7. The van der Waals surface area contributed by atoms with E-state index in [1.807, 2.05) is 30.1 Å². The molecule has 10 nitrogen and oxygen atoms in total. The van der Waals surface area contributed by atoms with Crippen molar-refractivity contribution in [3.8, 4) is 0 Å². The van der Waals surface area contributed by atoms with E-state index in [2.05, 4.69) is 42.7 Å². The molecule has 0 amide bonds. The molecule has 0 bridgehead atoms. The topological polar surface area (TPSA) is 101 Å². The van der Waals surface area contributed by atoms with Crippen LogP contribution in [0.4, 0.5) is 0 Å². The Kier molecular flexibility index (Phi) is 8.25. The van der Waals surface area contributed by atoms with E-state index in [9.17, 15) is 0 Å². The molecule has 2 aliphatic rings. The fourth-order valence-electron chi connectivity index (χ4n) is 4.42. The normalized spacial score (nSPS) is 21.6. The van der Waals surface area contributed by atoms with Crippen molar-refractivity contribution in [2.24, 2.45) is 12.0 Å². The minimum Gasteiger partial charge on any atom is -0.355 e. The van der Waals surface area contributed by atoms with Gasteiger partial charge in [-0.2, -0.15) is 5.10 Å². The largest absolute Gasteiger partial charge is 0.355 e. The maximum Gasteiger partial charge on any atom is 0.192 e. The first kappa shape index (κ1) is 23.9.